The van der Waals surface area contributed by atoms with Crippen LogP contribution in [0.1, 0.15) is 6.42 Å². The monoisotopic (exact) mass is 357 g/mol. The number of allylic oxidation sites excluding steroid dienone is 2. The minimum atomic E-state index is -5.91. The molecule has 0 unspecified atom stereocenters. The maximum atomic E-state index is 12.2. The van der Waals surface area contributed by atoms with Crippen LogP contribution >= 0.6 is 0 Å². The van der Waals surface area contributed by atoms with E-state index in [-0.39, 0.29) is 0 Å². The largest absolute Gasteiger partial charge is 0.534 e. The lowest BCUT2D eigenvalue weighted by Gasteiger charge is -2.08. The zero-order chi connectivity index (χ0) is 17.8. The van der Waals surface area contributed by atoms with Crippen molar-refractivity contribution in [3.05, 3.63) is 23.3 Å². The zero-order valence-electron chi connectivity index (χ0n) is 11.1. The molecule has 0 saturated heterocycles. The van der Waals surface area contributed by atoms with Crippen molar-refractivity contribution >= 4 is 28.1 Å². The molecule has 0 aromatic rings. The molecule has 4 N–H and O–H groups in total. The van der Waals surface area contributed by atoms with E-state index in [4.69, 9.17) is 5.73 Å². The number of hydrogen-bond donors (Lipinski definition) is 3. The van der Waals surface area contributed by atoms with Gasteiger partial charge in [-0.05, 0) is 6.08 Å². The SMILES string of the molecule is NC(=O)CNC(=O)C1=C(O)CC=C(OS(=O)(=O)C(F)(F)F)C=N1. The van der Waals surface area contributed by atoms with Crippen molar-refractivity contribution in [2.45, 2.75) is 11.9 Å². The number of nitrogens with one attached hydrogen (secondary N) is 1. The summed E-state index contributed by atoms with van der Waals surface area (Å²) in [7, 11) is -5.91. The van der Waals surface area contributed by atoms with Crippen molar-refractivity contribution in [2.24, 2.45) is 10.7 Å². The van der Waals surface area contributed by atoms with E-state index in [1.807, 2.05) is 5.32 Å². The first-order chi connectivity index (χ1) is 10.4. The van der Waals surface area contributed by atoms with Crippen molar-refractivity contribution in [1.29, 1.82) is 0 Å². The number of primary amides is 1. The first-order valence-electron chi connectivity index (χ1n) is 5.67. The third kappa shape index (κ3) is 4.98. The van der Waals surface area contributed by atoms with Gasteiger partial charge in [0.15, 0.2) is 11.5 Å². The molecule has 0 aromatic heterocycles. The molecule has 2 amide bonds. The Morgan fingerprint density at radius 1 is 1.43 bits per heavy atom. The van der Waals surface area contributed by atoms with Gasteiger partial charge in [-0.15, -0.1) is 0 Å². The number of aliphatic hydroxyl groups excluding tert-OH is 1. The second-order valence-electron chi connectivity index (χ2n) is 4.00. The Morgan fingerprint density at radius 2 is 2.04 bits per heavy atom. The van der Waals surface area contributed by atoms with Crippen LogP contribution in [0, 0.1) is 0 Å². The van der Waals surface area contributed by atoms with Crippen LogP contribution in [0.25, 0.3) is 0 Å². The summed E-state index contributed by atoms with van der Waals surface area (Å²) >= 11 is 0. The number of halogens is 3. The molecule has 0 aromatic carbocycles. The van der Waals surface area contributed by atoms with Gasteiger partial charge in [-0.2, -0.15) is 21.6 Å². The van der Waals surface area contributed by atoms with Crippen molar-refractivity contribution in [1.82, 2.24) is 5.32 Å². The van der Waals surface area contributed by atoms with Crippen LogP contribution in [0.15, 0.2) is 28.3 Å². The van der Waals surface area contributed by atoms with Gasteiger partial charge in [0, 0.05) is 6.42 Å². The number of alkyl halides is 3. The lowest BCUT2D eigenvalue weighted by molar-refractivity contribution is -0.122. The average Bonchev–Trinajstić information content (AvgIpc) is 2.57. The zero-order valence-corrected chi connectivity index (χ0v) is 11.9. The highest BCUT2D eigenvalue weighted by Gasteiger charge is 2.48. The Bertz CT molecular complexity index is 708. The van der Waals surface area contributed by atoms with Crippen molar-refractivity contribution in [3.8, 4) is 0 Å². The quantitative estimate of drug-likeness (QED) is 0.450. The van der Waals surface area contributed by atoms with Crippen LogP contribution in [0.5, 0.6) is 0 Å². The molecule has 13 heteroatoms. The van der Waals surface area contributed by atoms with Crippen molar-refractivity contribution in [2.75, 3.05) is 6.54 Å². The number of nitrogens with zero attached hydrogens (tertiary/aromatic N) is 1. The molecule has 0 fully saturated rings. The topological polar surface area (TPSA) is 148 Å². The van der Waals surface area contributed by atoms with Crippen LogP contribution in [0.4, 0.5) is 13.2 Å². The summed E-state index contributed by atoms with van der Waals surface area (Å²) in [6, 6.07) is 0. The molecule has 9 nitrogen and oxygen atoms in total. The van der Waals surface area contributed by atoms with E-state index in [2.05, 4.69) is 9.18 Å². The van der Waals surface area contributed by atoms with Gasteiger partial charge in [-0.1, -0.05) is 0 Å². The summed E-state index contributed by atoms with van der Waals surface area (Å²) in [4.78, 5) is 25.5. The number of aliphatic hydroxyl groups is 1. The molecule has 128 valence electrons. The number of aliphatic imine (C=N–C) groups is 1. The molecule has 1 aliphatic rings. The Hall–Kier alpha value is -2.57. The normalized spacial score (nSPS) is 15.7. The lowest BCUT2D eigenvalue weighted by Crippen LogP contribution is -2.34. The molecule has 0 atom stereocenters. The van der Waals surface area contributed by atoms with Crippen molar-refractivity contribution in [3.63, 3.8) is 0 Å². The number of hydrogen-bond acceptors (Lipinski definition) is 7. The number of nitrogens with two attached hydrogens (primary N) is 1. The van der Waals surface area contributed by atoms with Gasteiger partial charge in [0.05, 0.1) is 12.8 Å². The smallest absolute Gasteiger partial charge is 0.510 e. The van der Waals surface area contributed by atoms with Gasteiger partial charge >= 0.3 is 15.6 Å². The lowest BCUT2D eigenvalue weighted by atomic mass is 10.2. The van der Waals surface area contributed by atoms with Crippen LogP contribution in [-0.2, 0) is 23.9 Å². The second kappa shape index (κ2) is 6.68. The molecule has 0 aliphatic carbocycles. The standard InChI is InChI=1S/C10H10F3N3O6S/c11-10(12,13)23(20,21)22-5-1-2-6(17)8(15-3-5)9(19)16-4-7(14)18/h1,3,17H,2,4H2,(H2,14,18)(H,16,19). The second-order valence-corrected chi connectivity index (χ2v) is 5.53. The van der Waals surface area contributed by atoms with E-state index in [1.54, 1.807) is 0 Å². The molecule has 1 heterocycles. The highest BCUT2D eigenvalue weighted by atomic mass is 32.2. The third-order valence-corrected chi connectivity index (χ3v) is 3.20. The Morgan fingerprint density at radius 3 is 2.57 bits per heavy atom. The number of rotatable bonds is 5. The summed E-state index contributed by atoms with van der Waals surface area (Å²) in [5.41, 5.74) is -1.49. The van der Waals surface area contributed by atoms with Gasteiger partial charge < -0.3 is 20.3 Å². The molecule has 0 bridgehead atoms. The Balaban J connectivity index is 2.90. The molecule has 1 aliphatic heterocycles. The maximum Gasteiger partial charge on any atom is 0.534 e. The van der Waals surface area contributed by atoms with E-state index in [0.717, 1.165) is 6.08 Å². The molecule has 23 heavy (non-hydrogen) atoms. The predicted octanol–water partition coefficient (Wildman–Crippen LogP) is -0.418. The van der Waals surface area contributed by atoms with E-state index in [1.165, 1.54) is 0 Å². The number of carbonyl (C=O) groups is 2. The third-order valence-electron chi connectivity index (χ3n) is 2.22. The van der Waals surface area contributed by atoms with Crippen LogP contribution < -0.4 is 11.1 Å². The molecule has 0 spiro atoms. The minimum absolute atomic E-state index is 0.506. The van der Waals surface area contributed by atoms with E-state index >= 15 is 0 Å². The van der Waals surface area contributed by atoms with Crippen LogP contribution in [-0.4, -0.2) is 43.6 Å². The molecular weight excluding hydrogens is 347 g/mol. The fraction of sp³-hybridized carbons (Fsp3) is 0.300. The summed E-state index contributed by atoms with van der Waals surface area (Å²) in [5.74, 6) is -3.43. The van der Waals surface area contributed by atoms with E-state index < -0.39 is 57.6 Å². The van der Waals surface area contributed by atoms with Gasteiger partial charge in [0.2, 0.25) is 5.91 Å². The van der Waals surface area contributed by atoms with Crippen LogP contribution in [0.3, 0.4) is 0 Å². The maximum absolute atomic E-state index is 12.2. The fourth-order valence-corrected chi connectivity index (χ4v) is 1.68. The van der Waals surface area contributed by atoms with E-state index in [0.29, 0.717) is 6.21 Å². The summed E-state index contributed by atoms with van der Waals surface area (Å²) in [6.45, 7) is -0.565. The highest BCUT2D eigenvalue weighted by Crippen LogP contribution is 2.27. The summed E-state index contributed by atoms with van der Waals surface area (Å²) in [6.07, 6.45) is 0.754. The number of carbonyl (C=O) groups excluding carboxylic acids is 2. The molecule has 0 radical (unpaired) electrons. The first kappa shape index (κ1) is 18.5. The summed E-state index contributed by atoms with van der Waals surface area (Å²) < 4.78 is 62.1. The van der Waals surface area contributed by atoms with Gasteiger partial charge in [0.25, 0.3) is 5.91 Å². The van der Waals surface area contributed by atoms with E-state index in [9.17, 15) is 36.3 Å². The average molecular weight is 357 g/mol. The molecular formula is C10H10F3N3O6S. The van der Waals surface area contributed by atoms with Crippen LogP contribution in [0.2, 0.25) is 0 Å². The fourth-order valence-electron chi connectivity index (χ4n) is 1.22. The first-order valence-corrected chi connectivity index (χ1v) is 7.08. The summed E-state index contributed by atoms with van der Waals surface area (Å²) in [5, 5.41) is 11.6. The van der Waals surface area contributed by atoms with Gasteiger partial charge in [-0.3, -0.25) is 9.59 Å². The minimum Gasteiger partial charge on any atom is -0.510 e. The van der Waals surface area contributed by atoms with Gasteiger partial charge in [0.1, 0.15) is 5.76 Å². The number of amides is 2. The van der Waals surface area contributed by atoms with Gasteiger partial charge in [-0.25, -0.2) is 4.99 Å². The predicted molar refractivity (Wildman–Crippen MR) is 69.1 cm³/mol. The van der Waals surface area contributed by atoms with Crippen molar-refractivity contribution < 1.29 is 40.5 Å². The molecule has 0 saturated carbocycles. The Kier molecular flexibility index (Phi) is 5.37. The highest BCUT2D eigenvalue weighted by molar-refractivity contribution is 7.87. The molecule has 1 rings (SSSR count). The Labute approximate surface area is 127 Å².